The lowest BCUT2D eigenvalue weighted by molar-refractivity contribution is -0.138. The summed E-state index contributed by atoms with van der Waals surface area (Å²) >= 11 is 1.55. The van der Waals surface area contributed by atoms with E-state index >= 15 is 0 Å². The molecule has 6 heteroatoms. The number of rotatable bonds is 11. The number of carbonyl (C=O) groups excluding carboxylic acids is 2. The molecule has 0 bridgehead atoms. The first-order valence-corrected chi connectivity index (χ1v) is 11.4. The van der Waals surface area contributed by atoms with Crippen LogP contribution in [0.2, 0.25) is 0 Å². The maximum atomic E-state index is 13.0. The predicted octanol–water partition coefficient (Wildman–Crippen LogP) is 4.12. The molecule has 0 aliphatic carbocycles. The van der Waals surface area contributed by atoms with Gasteiger partial charge >= 0.3 is 0 Å². The van der Waals surface area contributed by atoms with Gasteiger partial charge in [-0.3, -0.25) is 9.59 Å². The predicted molar refractivity (Wildman–Crippen MR) is 123 cm³/mol. The van der Waals surface area contributed by atoms with Gasteiger partial charge < -0.3 is 15.0 Å². The van der Waals surface area contributed by atoms with Crippen molar-refractivity contribution < 1.29 is 14.3 Å². The Morgan fingerprint density at radius 2 is 1.67 bits per heavy atom. The maximum absolute atomic E-state index is 13.0. The molecule has 1 N–H and O–H groups in total. The van der Waals surface area contributed by atoms with E-state index in [1.54, 1.807) is 30.7 Å². The molecule has 30 heavy (non-hydrogen) atoms. The van der Waals surface area contributed by atoms with Gasteiger partial charge in [0.2, 0.25) is 11.8 Å². The molecule has 2 aromatic carbocycles. The quantitative estimate of drug-likeness (QED) is 0.585. The Bertz CT molecular complexity index is 794. The zero-order chi connectivity index (χ0) is 21.9. The SMILES string of the molecule is COc1ccc(CSCC(=O)N(Cc2ccccc2)C(C)C(=O)NCC(C)C)cc1. The van der Waals surface area contributed by atoms with Crippen molar-refractivity contribution >= 4 is 23.6 Å². The molecule has 0 heterocycles. The average Bonchev–Trinajstić information content (AvgIpc) is 2.76. The molecule has 2 amide bonds. The van der Waals surface area contributed by atoms with E-state index in [-0.39, 0.29) is 11.8 Å². The number of hydrogen-bond acceptors (Lipinski definition) is 4. The van der Waals surface area contributed by atoms with Crippen molar-refractivity contribution in [1.29, 1.82) is 0 Å². The molecular weight excluding hydrogens is 396 g/mol. The second-order valence-corrected chi connectivity index (χ2v) is 8.65. The fourth-order valence-electron chi connectivity index (χ4n) is 2.88. The van der Waals surface area contributed by atoms with Crippen molar-refractivity contribution in [1.82, 2.24) is 10.2 Å². The number of thioether (sulfide) groups is 1. The van der Waals surface area contributed by atoms with Crippen LogP contribution in [-0.4, -0.2) is 42.2 Å². The Morgan fingerprint density at radius 3 is 2.27 bits per heavy atom. The topological polar surface area (TPSA) is 58.6 Å². The highest BCUT2D eigenvalue weighted by Crippen LogP contribution is 2.18. The average molecular weight is 429 g/mol. The minimum atomic E-state index is -0.530. The normalized spacial score (nSPS) is 11.8. The summed E-state index contributed by atoms with van der Waals surface area (Å²) in [4.78, 5) is 27.3. The zero-order valence-electron chi connectivity index (χ0n) is 18.3. The smallest absolute Gasteiger partial charge is 0.242 e. The molecule has 0 aliphatic rings. The summed E-state index contributed by atoms with van der Waals surface area (Å²) in [6, 6.07) is 17.1. The molecule has 2 aromatic rings. The van der Waals surface area contributed by atoms with E-state index in [1.165, 1.54) is 0 Å². The number of methoxy groups -OCH3 is 1. The van der Waals surface area contributed by atoms with Crippen molar-refractivity contribution in [2.75, 3.05) is 19.4 Å². The monoisotopic (exact) mass is 428 g/mol. The van der Waals surface area contributed by atoms with Crippen LogP contribution in [0.5, 0.6) is 5.75 Å². The summed E-state index contributed by atoms with van der Waals surface area (Å²) < 4.78 is 5.18. The second-order valence-electron chi connectivity index (χ2n) is 7.66. The third kappa shape index (κ3) is 7.75. The van der Waals surface area contributed by atoms with Crippen LogP contribution in [0.3, 0.4) is 0 Å². The lowest BCUT2D eigenvalue weighted by Crippen LogP contribution is -2.48. The number of hydrogen-bond donors (Lipinski definition) is 1. The molecule has 0 spiro atoms. The van der Waals surface area contributed by atoms with E-state index in [1.807, 2.05) is 68.4 Å². The molecule has 0 saturated carbocycles. The number of benzene rings is 2. The van der Waals surface area contributed by atoms with Gasteiger partial charge in [0.05, 0.1) is 12.9 Å². The van der Waals surface area contributed by atoms with Gasteiger partial charge in [0, 0.05) is 18.8 Å². The zero-order valence-corrected chi connectivity index (χ0v) is 19.1. The molecule has 2 rings (SSSR count). The van der Waals surface area contributed by atoms with Crippen LogP contribution in [0.15, 0.2) is 54.6 Å². The minimum absolute atomic E-state index is 0.0374. The van der Waals surface area contributed by atoms with Crippen LogP contribution in [0.1, 0.15) is 31.9 Å². The summed E-state index contributed by atoms with van der Waals surface area (Å²) in [5.41, 5.74) is 2.14. The summed E-state index contributed by atoms with van der Waals surface area (Å²) in [5, 5.41) is 2.94. The first kappa shape index (κ1) is 23.8. The van der Waals surface area contributed by atoms with Gasteiger partial charge in [-0.15, -0.1) is 11.8 Å². The van der Waals surface area contributed by atoms with Gasteiger partial charge in [0.1, 0.15) is 11.8 Å². The number of ether oxygens (including phenoxy) is 1. The summed E-state index contributed by atoms with van der Waals surface area (Å²) in [6.45, 7) is 6.91. The van der Waals surface area contributed by atoms with Crippen LogP contribution >= 0.6 is 11.8 Å². The largest absolute Gasteiger partial charge is 0.497 e. The fraction of sp³-hybridized carbons (Fsp3) is 0.417. The van der Waals surface area contributed by atoms with Gasteiger partial charge in [0.15, 0.2) is 0 Å². The van der Waals surface area contributed by atoms with Gasteiger partial charge in [-0.2, -0.15) is 0 Å². The van der Waals surface area contributed by atoms with Crippen LogP contribution in [0.4, 0.5) is 0 Å². The Hall–Kier alpha value is -2.47. The Morgan fingerprint density at radius 1 is 1.00 bits per heavy atom. The van der Waals surface area contributed by atoms with Crippen LogP contribution in [-0.2, 0) is 21.9 Å². The van der Waals surface area contributed by atoms with E-state index in [2.05, 4.69) is 5.32 Å². The van der Waals surface area contributed by atoms with Crippen molar-refractivity contribution in [2.45, 2.75) is 39.1 Å². The Balaban J connectivity index is 2.00. The van der Waals surface area contributed by atoms with Crippen molar-refractivity contribution in [3.8, 4) is 5.75 Å². The summed E-state index contributed by atoms with van der Waals surface area (Å²) in [5.74, 6) is 2.07. The molecule has 5 nitrogen and oxygen atoms in total. The lowest BCUT2D eigenvalue weighted by Gasteiger charge is -2.29. The first-order valence-electron chi connectivity index (χ1n) is 10.2. The molecule has 0 radical (unpaired) electrons. The van der Waals surface area contributed by atoms with E-state index in [0.29, 0.717) is 24.8 Å². The molecule has 0 fully saturated rings. The molecule has 0 aromatic heterocycles. The number of nitrogens with zero attached hydrogens (tertiary/aromatic N) is 1. The van der Waals surface area contributed by atoms with E-state index in [9.17, 15) is 9.59 Å². The van der Waals surface area contributed by atoms with Gasteiger partial charge in [-0.25, -0.2) is 0 Å². The molecule has 1 unspecified atom stereocenters. The minimum Gasteiger partial charge on any atom is -0.497 e. The van der Waals surface area contributed by atoms with Crippen LogP contribution in [0, 0.1) is 5.92 Å². The number of amides is 2. The number of nitrogens with one attached hydrogen (secondary N) is 1. The summed E-state index contributed by atoms with van der Waals surface area (Å²) in [7, 11) is 1.64. The molecule has 0 aliphatic heterocycles. The highest BCUT2D eigenvalue weighted by atomic mass is 32.2. The second kappa shape index (κ2) is 12.3. The Labute approximate surface area is 184 Å². The molecule has 162 valence electrons. The van der Waals surface area contributed by atoms with Crippen molar-refractivity contribution in [3.63, 3.8) is 0 Å². The van der Waals surface area contributed by atoms with Gasteiger partial charge in [-0.05, 0) is 36.1 Å². The molecular formula is C24H32N2O3S. The van der Waals surface area contributed by atoms with E-state index in [0.717, 1.165) is 22.6 Å². The van der Waals surface area contributed by atoms with Gasteiger partial charge in [-0.1, -0.05) is 56.3 Å². The maximum Gasteiger partial charge on any atom is 0.242 e. The van der Waals surface area contributed by atoms with Crippen molar-refractivity contribution in [3.05, 3.63) is 65.7 Å². The molecule has 1 atom stereocenters. The Kier molecular flexibility index (Phi) is 9.74. The van der Waals surface area contributed by atoms with E-state index in [4.69, 9.17) is 4.74 Å². The highest BCUT2D eigenvalue weighted by molar-refractivity contribution is 7.99. The summed E-state index contributed by atoms with van der Waals surface area (Å²) in [6.07, 6.45) is 0. The molecule has 0 saturated heterocycles. The number of carbonyl (C=O) groups is 2. The third-order valence-electron chi connectivity index (χ3n) is 4.70. The van der Waals surface area contributed by atoms with Gasteiger partial charge in [0.25, 0.3) is 0 Å². The fourth-order valence-corrected chi connectivity index (χ4v) is 3.75. The third-order valence-corrected chi connectivity index (χ3v) is 5.69. The lowest BCUT2D eigenvalue weighted by atomic mass is 10.1. The van der Waals surface area contributed by atoms with Crippen LogP contribution < -0.4 is 10.1 Å². The van der Waals surface area contributed by atoms with Crippen LogP contribution in [0.25, 0.3) is 0 Å². The van der Waals surface area contributed by atoms with E-state index < -0.39 is 6.04 Å². The first-order chi connectivity index (χ1) is 14.4. The standard InChI is InChI=1S/C24H32N2O3S/c1-18(2)14-25-24(28)19(3)26(15-20-8-6-5-7-9-20)23(27)17-30-16-21-10-12-22(29-4)13-11-21/h5-13,18-19H,14-17H2,1-4H3,(H,25,28). The van der Waals surface area contributed by atoms with Crippen molar-refractivity contribution in [2.24, 2.45) is 5.92 Å². The highest BCUT2D eigenvalue weighted by Gasteiger charge is 2.26.